The Morgan fingerprint density at radius 1 is 0.339 bits per heavy atom. The number of pyridine rings is 5. The lowest BCUT2D eigenvalue weighted by Gasteiger charge is -2.13. The van der Waals surface area contributed by atoms with Crippen molar-refractivity contribution in [2.24, 2.45) is 0 Å². The van der Waals surface area contributed by atoms with Gasteiger partial charge in [0, 0.05) is 46.7 Å². The summed E-state index contributed by atoms with van der Waals surface area (Å²) in [4.78, 5) is 24.0. The Bertz CT molecular complexity index is 3040. The van der Waals surface area contributed by atoms with Crippen molar-refractivity contribution < 1.29 is 0 Å². The molecule has 0 amide bonds. The van der Waals surface area contributed by atoms with Crippen molar-refractivity contribution in [2.45, 2.75) is 0 Å². The third kappa shape index (κ3) is 5.10. The van der Waals surface area contributed by atoms with Crippen LogP contribution in [-0.4, -0.2) is 34.1 Å². The minimum absolute atomic E-state index is 0.935. The molecule has 11 rings (SSSR count). The van der Waals surface area contributed by atoms with E-state index in [-0.39, 0.29) is 0 Å². The maximum atomic E-state index is 4.91. The lowest BCUT2D eigenvalue weighted by molar-refractivity contribution is 1.09. The van der Waals surface area contributed by atoms with Gasteiger partial charge in [0.2, 0.25) is 0 Å². The molecule has 7 nitrogen and oxygen atoms in total. The van der Waals surface area contributed by atoms with Gasteiger partial charge in [-0.05, 0) is 101 Å². The Balaban J connectivity index is 1.06. The molecule has 0 unspecified atom stereocenters. The van der Waals surface area contributed by atoms with E-state index in [9.17, 15) is 0 Å². The average molecular weight is 718 g/mol. The lowest BCUT2D eigenvalue weighted by Crippen LogP contribution is -2.00. The molecule has 7 heterocycles. The molecular formula is C49H31N7. The van der Waals surface area contributed by atoms with Gasteiger partial charge < -0.3 is 9.13 Å². The number of aromatic nitrogens is 7. The van der Waals surface area contributed by atoms with Gasteiger partial charge in [0.1, 0.15) is 0 Å². The SMILES string of the molecule is c1ccc(-c2ccccc2-c2ccc3c(c2)c2ncccc2n3-c2cncc(-n3c4ccc(-c5ccccc5-c5ccccn5)cc4c4ncccc43)c2)nc1. The van der Waals surface area contributed by atoms with Gasteiger partial charge >= 0.3 is 0 Å². The highest BCUT2D eigenvalue weighted by Gasteiger charge is 2.19. The predicted octanol–water partition coefficient (Wildman–Crippen LogP) is 11.5. The average Bonchev–Trinajstić information content (AvgIpc) is 3.79. The summed E-state index contributed by atoms with van der Waals surface area (Å²) in [6.07, 6.45) is 11.3. The Labute approximate surface area is 321 Å². The van der Waals surface area contributed by atoms with E-state index < -0.39 is 0 Å². The summed E-state index contributed by atoms with van der Waals surface area (Å²) in [7, 11) is 0. The fraction of sp³-hybridized carbons (Fsp3) is 0. The highest BCUT2D eigenvalue weighted by atomic mass is 15.0. The smallest absolute Gasteiger partial charge is 0.0963 e. The van der Waals surface area contributed by atoms with Crippen LogP contribution in [0.5, 0.6) is 0 Å². The largest absolute Gasteiger partial charge is 0.306 e. The van der Waals surface area contributed by atoms with Crippen LogP contribution in [0.15, 0.2) is 189 Å². The van der Waals surface area contributed by atoms with E-state index in [1.807, 2.05) is 73.6 Å². The van der Waals surface area contributed by atoms with Gasteiger partial charge in [0.15, 0.2) is 0 Å². The summed E-state index contributed by atoms with van der Waals surface area (Å²) in [6.45, 7) is 0. The first-order valence-corrected chi connectivity index (χ1v) is 18.6. The number of hydrogen-bond donors (Lipinski definition) is 0. The Hall–Kier alpha value is -7.77. The molecule has 56 heavy (non-hydrogen) atoms. The summed E-state index contributed by atoms with van der Waals surface area (Å²) in [5, 5.41) is 2.14. The molecular weight excluding hydrogens is 687 g/mol. The second-order valence-corrected chi connectivity index (χ2v) is 13.8. The summed E-state index contributed by atoms with van der Waals surface area (Å²) >= 11 is 0. The molecule has 0 aliphatic rings. The molecule has 4 aromatic carbocycles. The quantitative estimate of drug-likeness (QED) is 0.171. The topological polar surface area (TPSA) is 74.3 Å². The van der Waals surface area contributed by atoms with Gasteiger partial charge in [0.25, 0.3) is 0 Å². The number of fused-ring (bicyclic) bond motifs is 6. The minimum atomic E-state index is 0.935. The first kappa shape index (κ1) is 31.7. The van der Waals surface area contributed by atoms with Crippen LogP contribution in [0.25, 0.3) is 100 Å². The van der Waals surface area contributed by atoms with Crippen LogP contribution in [0.3, 0.4) is 0 Å². The number of hydrogen-bond acceptors (Lipinski definition) is 5. The van der Waals surface area contributed by atoms with E-state index in [1.165, 1.54) is 0 Å². The zero-order valence-electron chi connectivity index (χ0n) is 30.0. The molecule has 0 saturated heterocycles. The maximum absolute atomic E-state index is 4.91. The molecule has 7 heteroatoms. The number of rotatable bonds is 6. The van der Waals surface area contributed by atoms with Crippen molar-refractivity contribution in [1.29, 1.82) is 0 Å². The fourth-order valence-electron chi connectivity index (χ4n) is 8.18. The van der Waals surface area contributed by atoms with Crippen molar-refractivity contribution in [3.05, 3.63) is 189 Å². The molecule has 0 aliphatic heterocycles. The maximum Gasteiger partial charge on any atom is 0.0963 e. The zero-order valence-corrected chi connectivity index (χ0v) is 30.0. The molecule has 0 radical (unpaired) electrons. The summed E-state index contributed by atoms with van der Waals surface area (Å²) in [5.41, 5.74) is 16.4. The first-order chi connectivity index (χ1) is 27.8. The van der Waals surface area contributed by atoms with Crippen molar-refractivity contribution in [3.63, 3.8) is 0 Å². The van der Waals surface area contributed by atoms with Gasteiger partial charge in [-0.25, -0.2) is 0 Å². The fourth-order valence-corrected chi connectivity index (χ4v) is 8.18. The monoisotopic (exact) mass is 717 g/mol. The second kappa shape index (κ2) is 13.0. The van der Waals surface area contributed by atoms with Gasteiger partial charge in [-0.15, -0.1) is 0 Å². The summed E-state index contributed by atoms with van der Waals surface area (Å²) in [5.74, 6) is 0. The first-order valence-electron chi connectivity index (χ1n) is 18.6. The third-order valence-electron chi connectivity index (χ3n) is 10.6. The van der Waals surface area contributed by atoms with Crippen LogP contribution in [0.2, 0.25) is 0 Å². The molecule has 0 bridgehead atoms. The minimum Gasteiger partial charge on any atom is -0.306 e. The van der Waals surface area contributed by atoms with Gasteiger partial charge in [-0.2, -0.15) is 0 Å². The Morgan fingerprint density at radius 3 is 1.25 bits per heavy atom. The third-order valence-corrected chi connectivity index (χ3v) is 10.6. The van der Waals surface area contributed by atoms with Crippen LogP contribution in [0, 0.1) is 0 Å². The number of benzene rings is 4. The summed E-state index contributed by atoms with van der Waals surface area (Å²) in [6, 6.07) is 52.7. The molecule has 0 spiro atoms. The van der Waals surface area contributed by atoms with E-state index in [4.69, 9.17) is 15.0 Å². The number of nitrogens with zero attached hydrogens (tertiary/aromatic N) is 7. The summed E-state index contributed by atoms with van der Waals surface area (Å²) < 4.78 is 4.53. The molecule has 262 valence electrons. The van der Waals surface area contributed by atoms with Crippen molar-refractivity contribution in [1.82, 2.24) is 34.1 Å². The van der Waals surface area contributed by atoms with Crippen LogP contribution in [-0.2, 0) is 0 Å². The molecule has 0 N–H and O–H groups in total. The predicted molar refractivity (Wildman–Crippen MR) is 226 cm³/mol. The van der Waals surface area contributed by atoms with Gasteiger partial charge in [-0.1, -0.05) is 72.8 Å². The Morgan fingerprint density at radius 2 is 0.786 bits per heavy atom. The highest BCUT2D eigenvalue weighted by molar-refractivity contribution is 6.10. The van der Waals surface area contributed by atoms with Crippen LogP contribution >= 0.6 is 0 Å². The van der Waals surface area contributed by atoms with Gasteiger partial charge in [0.05, 0.1) is 68.3 Å². The van der Waals surface area contributed by atoms with E-state index in [2.05, 4.69) is 134 Å². The molecule has 0 atom stereocenters. The molecule has 0 saturated carbocycles. The van der Waals surface area contributed by atoms with E-state index in [1.54, 1.807) is 0 Å². The van der Waals surface area contributed by atoms with Crippen molar-refractivity contribution >= 4 is 43.9 Å². The second-order valence-electron chi connectivity index (χ2n) is 13.8. The molecule has 11 aromatic rings. The Kier molecular flexibility index (Phi) is 7.35. The highest BCUT2D eigenvalue weighted by Crippen LogP contribution is 2.39. The van der Waals surface area contributed by atoms with E-state index >= 15 is 0 Å². The van der Waals surface area contributed by atoms with Crippen LogP contribution < -0.4 is 0 Å². The molecule has 0 aliphatic carbocycles. The molecule has 7 aromatic heterocycles. The molecule has 0 fully saturated rings. The lowest BCUT2D eigenvalue weighted by atomic mass is 9.96. The van der Waals surface area contributed by atoms with E-state index in [0.29, 0.717) is 0 Å². The normalized spacial score (nSPS) is 11.6. The van der Waals surface area contributed by atoms with Crippen molar-refractivity contribution in [2.75, 3.05) is 0 Å². The van der Waals surface area contributed by atoms with Crippen LogP contribution in [0.4, 0.5) is 0 Å². The van der Waals surface area contributed by atoms with Crippen molar-refractivity contribution in [3.8, 4) is 56.1 Å². The zero-order chi connectivity index (χ0) is 37.0. The van der Waals surface area contributed by atoms with Gasteiger partial charge in [-0.3, -0.25) is 24.9 Å². The standard InChI is InChI=1S/C49H31N7/c1-3-13-38(42-15-5-7-23-51-42)36(11-1)32-19-21-44-40(27-32)48-46(17-9-25-53-48)55(44)34-29-35(31-50-30-34)56-45-22-20-33(28-41(45)49-47(56)18-10-26-54-49)37-12-2-4-14-39(37)43-16-6-8-24-52-43/h1-31H. The van der Waals surface area contributed by atoms with Crippen LogP contribution in [0.1, 0.15) is 0 Å². The van der Waals surface area contributed by atoms with E-state index in [0.717, 1.165) is 100 Å².